The highest BCUT2D eigenvalue weighted by atomic mass is 35.5. The van der Waals surface area contributed by atoms with Crippen LogP contribution < -0.4 is 5.73 Å². The van der Waals surface area contributed by atoms with E-state index >= 15 is 0 Å². The van der Waals surface area contributed by atoms with Crippen LogP contribution in [0.15, 0.2) is 29.4 Å². The lowest BCUT2D eigenvalue weighted by Gasteiger charge is -2.12. The summed E-state index contributed by atoms with van der Waals surface area (Å²) in [6, 6.07) is 6.90. The van der Waals surface area contributed by atoms with E-state index in [1.54, 1.807) is 24.3 Å². The number of halogens is 1. The molecule has 0 radical (unpaired) electrons. The van der Waals surface area contributed by atoms with Crippen molar-refractivity contribution in [3.63, 3.8) is 0 Å². The summed E-state index contributed by atoms with van der Waals surface area (Å²) < 4.78 is 1.93. The van der Waals surface area contributed by atoms with Crippen molar-refractivity contribution in [2.45, 2.75) is 49.1 Å². The largest absolute Gasteiger partial charge is 0.370 e. The third kappa shape index (κ3) is 4.41. The van der Waals surface area contributed by atoms with Gasteiger partial charge in [-0.3, -0.25) is 9.59 Å². The fourth-order valence-electron chi connectivity index (χ4n) is 2.55. The average molecular weight is 379 g/mol. The first kappa shape index (κ1) is 17.9. The predicted molar refractivity (Wildman–Crippen MR) is 96.9 cm³/mol. The summed E-state index contributed by atoms with van der Waals surface area (Å²) in [4.78, 5) is 23.8. The first-order valence-electron chi connectivity index (χ1n) is 8.13. The fraction of sp³-hybridized carbons (Fsp3) is 0.412. The number of nitrogens with zero attached hydrogens (tertiary/aromatic N) is 3. The number of carbonyl (C=O) groups excluding carboxylic acids is 2. The van der Waals surface area contributed by atoms with Crippen molar-refractivity contribution in [2.75, 3.05) is 0 Å². The molecule has 25 heavy (non-hydrogen) atoms. The Balaban J connectivity index is 1.77. The molecular formula is C17H19ClN4O2S. The number of ketones is 1. The molecular weight excluding hydrogens is 360 g/mol. The topological polar surface area (TPSA) is 90.9 Å². The molecule has 3 rings (SSSR count). The van der Waals surface area contributed by atoms with Crippen LogP contribution in [0, 0.1) is 0 Å². The van der Waals surface area contributed by atoms with Crippen molar-refractivity contribution < 1.29 is 9.59 Å². The number of aromatic nitrogens is 3. The molecule has 8 heteroatoms. The lowest BCUT2D eigenvalue weighted by Crippen LogP contribution is -2.17. The summed E-state index contributed by atoms with van der Waals surface area (Å²) in [6.07, 6.45) is 2.38. The van der Waals surface area contributed by atoms with Crippen molar-refractivity contribution >= 4 is 35.1 Å². The molecule has 1 fully saturated rings. The van der Waals surface area contributed by atoms with E-state index in [4.69, 9.17) is 17.3 Å². The van der Waals surface area contributed by atoms with Crippen LogP contribution in [0.25, 0.3) is 0 Å². The number of amides is 1. The Hall–Kier alpha value is -1.86. The molecule has 0 aliphatic heterocycles. The summed E-state index contributed by atoms with van der Waals surface area (Å²) in [5, 5.41) is 9.33. The summed E-state index contributed by atoms with van der Waals surface area (Å²) in [5.74, 6) is 0.888. The average Bonchev–Trinajstić information content (AvgIpc) is 3.34. The molecule has 1 amide bonds. The predicted octanol–water partition coefficient (Wildman–Crippen LogP) is 3.05. The second-order valence-electron chi connectivity index (χ2n) is 6.12. The van der Waals surface area contributed by atoms with Gasteiger partial charge in [-0.1, -0.05) is 35.5 Å². The van der Waals surface area contributed by atoms with Gasteiger partial charge in [-0.05, 0) is 31.9 Å². The van der Waals surface area contributed by atoms with Crippen LogP contribution in [-0.2, 0) is 11.3 Å². The van der Waals surface area contributed by atoms with E-state index < -0.39 is 0 Å². The zero-order valence-corrected chi connectivity index (χ0v) is 15.4. The molecule has 1 saturated carbocycles. The highest BCUT2D eigenvalue weighted by molar-refractivity contribution is 8.00. The second-order valence-corrected chi connectivity index (χ2v) is 7.86. The molecule has 1 heterocycles. The lowest BCUT2D eigenvalue weighted by atomic mass is 10.1. The van der Waals surface area contributed by atoms with Gasteiger partial charge in [0.05, 0.1) is 5.25 Å². The fourth-order valence-corrected chi connectivity index (χ4v) is 3.70. The normalized spacial score (nSPS) is 15.1. The quantitative estimate of drug-likeness (QED) is 0.563. The van der Waals surface area contributed by atoms with Crippen LogP contribution in [0.1, 0.15) is 48.3 Å². The Labute approximate surface area is 155 Å². The maximum Gasteiger partial charge on any atom is 0.219 e. The molecule has 1 aliphatic carbocycles. The first-order chi connectivity index (χ1) is 12.0. The van der Waals surface area contributed by atoms with Crippen LogP contribution in [0.3, 0.4) is 0 Å². The van der Waals surface area contributed by atoms with Crippen LogP contribution in [0.2, 0.25) is 5.02 Å². The van der Waals surface area contributed by atoms with Gasteiger partial charge >= 0.3 is 0 Å². The number of hydrogen-bond acceptors (Lipinski definition) is 5. The van der Waals surface area contributed by atoms with E-state index in [9.17, 15) is 9.59 Å². The van der Waals surface area contributed by atoms with Gasteiger partial charge in [0.1, 0.15) is 5.82 Å². The standard InChI is InChI=1S/C17H19ClN4O2S/c1-10(15(24)12-3-2-4-13(18)9-12)25-17-21-20-16(11-5-6-11)22(17)8-7-14(19)23/h2-4,9-11H,5-8H2,1H3,(H2,19,23). The van der Waals surface area contributed by atoms with Gasteiger partial charge in [-0.25, -0.2) is 0 Å². The Kier molecular flexibility index (Phi) is 5.44. The minimum absolute atomic E-state index is 0.0232. The molecule has 1 aromatic heterocycles. The van der Waals surface area contributed by atoms with Gasteiger partial charge in [-0.2, -0.15) is 0 Å². The number of nitrogens with two attached hydrogens (primary N) is 1. The number of thioether (sulfide) groups is 1. The molecule has 0 spiro atoms. The zero-order valence-electron chi connectivity index (χ0n) is 13.8. The number of Topliss-reactive ketones (excluding diaryl/α,β-unsaturated/α-hetero) is 1. The molecule has 2 N–H and O–H groups in total. The summed E-state index contributed by atoms with van der Waals surface area (Å²) in [7, 11) is 0. The van der Waals surface area contributed by atoms with Gasteiger partial charge in [-0.15, -0.1) is 10.2 Å². The maximum absolute atomic E-state index is 12.6. The minimum atomic E-state index is -0.366. The van der Waals surface area contributed by atoms with Gasteiger partial charge in [0.2, 0.25) is 5.91 Å². The highest BCUT2D eigenvalue weighted by Gasteiger charge is 2.31. The molecule has 0 bridgehead atoms. The van der Waals surface area contributed by atoms with Gasteiger partial charge < -0.3 is 10.3 Å². The van der Waals surface area contributed by atoms with Gasteiger partial charge in [0.25, 0.3) is 0 Å². The van der Waals surface area contributed by atoms with Crippen molar-refractivity contribution in [1.29, 1.82) is 0 Å². The number of benzene rings is 1. The number of hydrogen-bond donors (Lipinski definition) is 1. The SMILES string of the molecule is CC(Sc1nnc(C2CC2)n1CCC(N)=O)C(=O)c1cccc(Cl)c1. The van der Waals surface area contributed by atoms with Crippen LogP contribution in [-0.4, -0.2) is 31.7 Å². The lowest BCUT2D eigenvalue weighted by molar-refractivity contribution is -0.118. The van der Waals surface area contributed by atoms with E-state index in [1.807, 2.05) is 11.5 Å². The monoisotopic (exact) mass is 378 g/mol. The van der Waals surface area contributed by atoms with Crippen LogP contribution in [0.5, 0.6) is 0 Å². The summed E-state index contributed by atoms with van der Waals surface area (Å²) >= 11 is 7.31. The van der Waals surface area contributed by atoms with E-state index in [2.05, 4.69) is 10.2 Å². The third-order valence-electron chi connectivity index (χ3n) is 4.03. The molecule has 2 aromatic rings. The smallest absolute Gasteiger partial charge is 0.219 e. The number of rotatable bonds is 8. The zero-order chi connectivity index (χ0) is 18.0. The maximum atomic E-state index is 12.6. The summed E-state index contributed by atoms with van der Waals surface area (Å²) in [6.45, 7) is 2.27. The molecule has 1 aliphatic rings. The second kappa shape index (κ2) is 7.58. The van der Waals surface area contributed by atoms with Gasteiger partial charge in [0.15, 0.2) is 10.9 Å². The third-order valence-corrected chi connectivity index (χ3v) is 5.35. The highest BCUT2D eigenvalue weighted by Crippen LogP contribution is 2.40. The molecule has 132 valence electrons. The van der Waals surface area contributed by atoms with Crippen molar-refractivity contribution in [3.8, 4) is 0 Å². The number of carbonyl (C=O) groups is 2. The van der Waals surface area contributed by atoms with Crippen molar-refractivity contribution in [1.82, 2.24) is 14.8 Å². The first-order valence-corrected chi connectivity index (χ1v) is 9.39. The van der Waals surface area contributed by atoms with E-state index in [0.29, 0.717) is 28.2 Å². The summed E-state index contributed by atoms with van der Waals surface area (Å²) in [5.41, 5.74) is 5.84. The van der Waals surface area contributed by atoms with E-state index in [1.165, 1.54) is 11.8 Å². The number of primary amides is 1. The molecule has 1 aromatic carbocycles. The Morgan fingerprint density at radius 2 is 2.16 bits per heavy atom. The van der Waals surface area contributed by atoms with Crippen LogP contribution in [0.4, 0.5) is 0 Å². The van der Waals surface area contributed by atoms with Crippen molar-refractivity contribution in [3.05, 3.63) is 40.7 Å². The van der Waals surface area contributed by atoms with Gasteiger partial charge in [0, 0.05) is 29.5 Å². The molecule has 1 unspecified atom stereocenters. The molecule has 1 atom stereocenters. The molecule has 0 saturated heterocycles. The van der Waals surface area contributed by atoms with E-state index in [-0.39, 0.29) is 23.4 Å². The Morgan fingerprint density at radius 1 is 1.40 bits per heavy atom. The minimum Gasteiger partial charge on any atom is -0.370 e. The van der Waals surface area contributed by atoms with Crippen LogP contribution >= 0.6 is 23.4 Å². The van der Waals surface area contributed by atoms with Crippen molar-refractivity contribution in [2.24, 2.45) is 5.73 Å². The Morgan fingerprint density at radius 3 is 2.80 bits per heavy atom. The molecule has 6 nitrogen and oxygen atoms in total. The van der Waals surface area contributed by atoms with E-state index in [0.717, 1.165) is 18.7 Å². The Bertz CT molecular complexity index is 804.